The number of rotatable bonds is 2. The molecule has 0 amide bonds. The van der Waals surface area contributed by atoms with E-state index < -0.39 is 0 Å². The molecular weight excluding hydrogens is 436 g/mol. The third-order valence-electron chi connectivity index (χ3n) is 6.75. The van der Waals surface area contributed by atoms with Gasteiger partial charge in [-0.2, -0.15) is 0 Å². The smallest absolute Gasteiger partial charge is 0.143 e. The Bertz CT molecular complexity index is 1850. The molecule has 34 heavy (non-hydrogen) atoms. The summed E-state index contributed by atoms with van der Waals surface area (Å²) in [4.78, 5) is 0. The molecule has 0 saturated heterocycles. The lowest BCUT2D eigenvalue weighted by Crippen LogP contribution is -1.85. The van der Waals surface area contributed by atoms with Gasteiger partial charge in [0.25, 0.3) is 0 Å². The largest absolute Gasteiger partial charge is 0.455 e. The van der Waals surface area contributed by atoms with Gasteiger partial charge in [-0.15, -0.1) is 0 Å². The highest BCUT2D eigenvalue weighted by Crippen LogP contribution is 2.42. The van der Waals surface area contributed by atoms with E-state index in [-0.39, 0.29) is 0 Å². The molecular formula is C32H19ClO. The molecule has 0 aliphatic carbocycles. The monoisotopic (exact) mass is 454 g/mol. The first kappa shape index (κ1) is 19.4. The van der Waals surface area contributed by atoms with E-state index in [1.54, 1.807) is 0 Å². The first-order valence-corrected chi connectivity index (χ1v) is 11.8. The topological polar surface area (TPSA) is 13.1 Å². The standard InChI is InChI=1S/C32H19ClO/c33-29-13-6-14-30-31(29)28-19-27(25-10-3-4-11-26(25)32(28)34-30)22-17-15-21(16-18-22)24-12-5-8-20-7-1-2-9-23(20)24/h1-19H. The Hall–Kier alpha value is -4.07. The molecule has 0 radical (unpaired) electrons. The highest BCUT2D eigenvalue weighted by atomic mass is 35.5. The average molecular weight is 455 g/mol. The molecule has 2 heteroatoms. The summed E-state index contributed by atoms with van der Waals surface area (Å²) in [7, 11) is 0. The van der Waals surface area contributed by atoms with E-state index in [0.29, 0.717) is 5.02 Å². The minimum absolute atomic E-state index is 0.712. The molecule has 7 aromatic rings. The second-order valence-corrected chi connectivity index (χ2v) is 9.07. The van der Waals surface area contributed by atoms with Crippen LogP contribution in [0.1, 0.15) is 0 Å². The van der Waals surface area contributed by atoms with Crippen molar-refractivity contribution in [2.45, 2.75) is 0 Å². The van der Waals surface area contributed by atoms with Crippen LogP contribution >= 0.6 is 11.6 Å². The molecule has 0 unspecified atom stereocenters. The molecule has 6 aromatic carbocycles. The van der Waals surface area contributed by atoms with E-state index in [2.05, 4.69) is 97.1 Å². The van der Waals surface area contributed by atoms with E-state index in [9.17, 15) is 0 Å². The molecule has 0 N–H and O–H groups in total. The Labute approximate surface area is 201 Å². The SMILES string of the molecule is Clc1cccc2oc3c4ccccc4c(-c4ccc(-c5cccc6ccccc56)cc4)cc3c12. The number of fused-ring (bicyclic) bond motifs is 6. The fourth-order valence-electron chi connectivity index (χ4n) is 5.15. The Morgan fingerprint density at radius 2 is 1.15 bits per heavy atom. The third kappa shape index (κ3) is 2.88. The summed E-state index contributed by atoms with van der Waals surface area (Å²) < 4.78 is 6.27. The van der Waals surface area contributed by atoms with Crippen LogP contribution in [0.2, 0.25) is 5.02 Å². The first-order chi connectivity index (χ1) is 16.8. The lowest BCUT2D eigenvalue weighted by atomic mass is 9.93. The summed E-state index contributed by atoms with van der Waals surface area (Å²) in [6, 6.07) is 40.4. The van der Waals surface area contributed by atoms with Crippen molar-refractivity contribution >= 4 is 55.1 Å². The van der Waals surface area contributed by atoms with Crippen molar-refractivity contribution < 1.29 is 4.42 Å². The second-order valence-electron chi connectivity index (χ2n) is 8.67. The molecule has 0 spiro atoms. The van der Waals surface area contributed by atoms with Gasteiger partial charge in [-0.25, -0.2) is 0 Å². The molecule has 0 atom stereocenters. The van der Waals surface area contributed by atoms with Crippen molar-refractivity contribution in [1.29, 1.82) is 0 Å². The van der Waals surface area contributed by atoms with Gasteiger partial charge in [0.1, 0.15) is 11.2 Å². The van der Waals surface area contributed by atoms with Gasteiger partial charge in [-0.3, -0.25) is 0 Å². The number of halogens is 1. The van der Waals surface area contributed by atoms with Gasteiger partial charge in [-0.05, 0) is 56.6 Å². The van der Waals surface area contributed by atoms with Crippen LogP contribution < -0.4 is 0 Å². The molecule has 1 heterocycles. The van der Waals surface area contributed by atoms with Gasteiger partial charge in [-0.1, -0.05) is 109 Å². The zero-order chi connectivity index (χ0) is 22.6. The first-order valence-electron chi connectivity index (χ1n) is 11.4. The highest BCUT2D eigenvalue weighted by molar-refractivity contribution is 6.38. The summed E-state index contributed by atoms with van der Waals surface area (Å²) in [6.45, 7) is 0. The number of furan rings is 1. The predicted molar refractivity (Wildman–Crippen MR) is 145 cm³/mol. The van der Waals surface area contributed by atoms with Gasteiger partial charge in [0.2, 0.25) is 0 Å². The molecule has 0 saturated carbocycles. The molecule has 0 fully saturated rings. The van der Waals surface area contributed by atoms with Crippen molar-refractivity contribution in [3.63, 3.8) is 0 Å². The van der Waals surface area contributed by atoms with Crippen LogP contribution in [0, 0.1) is 0 Å². The molecule has 1 aromatic heterocycles. The van der Waals surface area contributed by atoms with Crippen molar-refractivity contribution in [1.82, 2.24) is 0 Å². The van der Waals surface area contributed by atoms with Crippen molar-refractivity contribution in [2.24, 2.45) is 0 Å². The Morgan fingerprint density at radius 1 is 0.500 bits per heavy atom. The van der Waals surface area contributed by atoms with Gasteiger partial charge in [0, 0.05) is 16.2 Å². The third-order valence-corrected chi connectivity index (χ3v) is 7.06. The Morgan fingerprint density at radius 3 is 1.97 bits per heavy atom. The van der Waals surface area contributed by atoms with Crippen LogP contribution in [0.25, 0.3) is 65.7 Å². The molecule has 7 rings (SSSR count). The fourth-order valence-corrected chi connectivity index (χ4v) is 5.42. The number of hydrogen-bond acceptors (Lipinski definition) is 1. The summed E-state index contributed by atoms with van der Waals surface area (Å²) >= 11 is 6.60. The zero-order valence-electron chi connectivity index (χ0n) is 18.3. The van der Waals surface area contributed by atoms with Crippen LogP contribution in [-0.4, -0.2) is 0 Å². The van der Waals surface area contributed by atoms with Gasteiger partial charge < -0.3 is 4.42 Å². The summed E-state index contributed by atoms with van der Waals surface area (Å²) in [5.74, 6) is 0. The maximum atomic E-state index is 6.60. The zero-order valence-corrected chi connectivity index (χ0v) is 19.0. The van der Waals surface area contributed by atoms with Crippen LogP contribution in [0.3, 0.4) is 0 Å². The predicted octanol–water partition coefficient (Wildman–Crippen LogP) is 9.88. The van der Waals surface area contributed by atoms with Crippen molar-refractivity contribution in [2.75, 3.05) is 0 Å². The van der Waals surface area contributed by atoms with E-state index >= 15 is 0 Å². The van der Waals surface area contributed by atoms with Gasteiger partial charge in [0.05, 0.1) is 5.02 Å². The minimum Gasteiger partial charge on any atom is -0.455 e. The van der Waals surface area contributed by atoms with Crippen LogP contribution in [0.15, 0.2) is 120 Å². The summed E-state index contributed by atoms with van der Waals surface area (Å²) in [5, 5.41) is 7.52. The number of hydrogen-bond donors (Lipinski definition) is 0. The van der Waals surface area contributed by atoms with Crippen LogP contribution in [0.4, 0.5) is 0 Å². The normalized spacial score (nSPS) is 11.7. The highest BCUT2D eigenvalue weighted by Gasteiger charge is 2.16. The fraction of sp³-hybridized carbons (Fsp3) is 0. The van der Waals surface area contributed by atoms with E-state index in [0.717, 1.165) is 27.3 Å². The van der Waals surface area contributed by atoms with Crippen molar-refractivity contribution in [3.8, 4) is 22.3 Å². The molecule has 0 aliphatic rings. The maximum Gasteiger partial charge on any atom is 0.143 e. The van der Waals surface area contributed by atoms with Crippen LogP contribution in [-0.2, 0) is 0 Å². The van der Waals surface area contributed by atoms with E-state index in [1.165, 1.54) is 38.4 Å². The minimum atomic E-state index is 0.712. The van der Waals surface area contributed by atoms with Gasteiger partial charge in [0.15, 0.2) is 0 Å². The van der Waals surface area contributed by atoms with E-state index in [1.807, 2.05) is 18.2 Å². The lowest BCUT2D eigenvalue weighted by molar-refractivity contribution is 0.672. The molecule has 0 aliphatic heterocycles. The molecule has 1 nitrogen and oxygen atoms in total. The molecule has 160 valence electrons. The lowest BCUT2D eigenvalue weighted by Gasteiger charge is -2.11. The quantitative estimate of drug-likeness (QED) is 0.253. The van der Waals surface area contributed by atoms with E-state index in [4.69, 9.17) is 16.0 Å². The van der Waals surface area contributed by atoms with Crippen LogP contribution in [0.5, 0.6) is 0 Å². The van der Waals surface area contributed by atoms with Crippen molar-refractivity contribution in [3.05, 3.63) is 120 Å². The van der Waals surface area contributed by atoms with Gasteiger partial charge >= 0.3 is 0 Å². The Kier molecular flexibility index (Phi) is 4.27. The average Bonchev–Trinajstić information content (AvgIpc) is 3.28. The molecule has 0 bridgehead atoms. The number of benzene rings is 6. The second kappa shape index (κ2) is 7.48. The Balaban J connectivity index is 1.46. The maximum absolute atomic E-state index is 6.60. The summed E-state index contributed by atoms with van der Waals surface area (Å²) in [6.07, 6.45) is 0. The summed E-state index contributed by atoms with van der Waals surface area (Å²) in [5.41, 5.74) is 6.50.